The number of hydrogen-bond acceptors (Lipinski definition) is 5. The first-order chi connectivity index (χ1) is 7.65. The zero-order valence-electron chi connectivity index (χ0n) is 9.06. The summed E-state index contributed by atoms with van der Waals surface area (Å²) in [5.41, 5.74) is 0.716. The Labute approximate surface area is 96.0 Å². The Morgan fingerprint density at radius 3 is 2.94 bits per heavy atom. The van der Waals surface area contributed by atoms with Crippen LogP contribution < -0.4 is 5.69 Å². The lowest BCUT2D eigenvalue weighted by molar-refractivity contribution is 0.393. The molecule has 0 fully saturated rings. The molecule has 16 heavy (non-hydrogen) atoms. The highest BCUT2D eigenvalue weighted by Crippen LogP contribution is 2.14. The lowest BCUT2D eigenvalue weighted by atomic mass is 10.4. The van der Waals surface area contributed by atoms with Crippen molar-refractivity contribution in [3.63, 3.8) is 0 Å². The Hall–Kier alpha value is -1.50. The third kappa shape index (κ3) is 2.54. The number of thioether (sulfide) groups is 1. The van der Waals surface area contributed by atoms with Crippen molar-refractivity contribution in [1.82, 2.24) is 19.9 Å². The largest absolute Gasteiger partial charge is 0.361 e. The SMILES string of the molecule is Cc1cc(CSCc2nn(C)c(=O)[nH]2)no1. The number of aryl methyl sites for hydroxylation is 2. The molecule has 0 aliphatic rings. The molecule has 2 rings (SSSR count). The van der Waals surface area contributed by atoms with E-state index in [0.717, 1.165) is 17.2 Å². The van der Waals surface area contributed by atoms with Gasteiger partial charge < -0.3 is 4.52 Å². The van der Waals surface area contributed by atoms with Crippen LogP contribution in [0.1, 0.15) is 17.3 Å². The molecule has 6 nitrogen and oxygen atoms in total. The Kier molecular flexibility index (Phi) is 3.14. The third-order valence-corrected chi connectivity index (χ3v) is 2.96. The van der Waals surface area contributed by atoms with Crippen molar-refractivity contribution in [2.24, 2.45) is 7.05 Å². The number of H-pyrrole nitrogens is 1. The molecule has 2 heterocycles. The molecule has 0 amide bonds. The molecule has 2 aromatic rings. The summed E-state index contributed by atoms with van der Waals surface area (Å²) in [5.74, 6) is 2.89. The Balaban J connectivity index is 1.86. The summed E-state index contributed by atoms with van der Waals surface area (Å²) in [6, 6.07) is 1.90. The van der Waals surface area contributed by atoms with Crippen LogP contribution >= 0.6 is 11.8 Å². The number of aromatic nitrogens is 4. The van der Waals surface area contributed by atoms with E-state index in [2.05, 4.69) is 15.2 Å². The smallest absolute Gasteiger partial charge is 0.343 e. The van der Waals surface area contributed by atoms with Gasteiger partial charge in [0.2, 0.25) is 0 Å². The minimum atomic E-state index is -0.187. The minimum Gasteiger partial charge on any atom is -0.361 e. The number of hydrogen-bond donors (Lipinski definition) is 1. The van der Waals surface area contributed by atoms with E-state index in [1.807, 2.05) is 13.0 Å². The highest BCUT2D eigenvalue weighted by molar-refractivity contribution is 7.97. The molecule has 1 N–H and O–H groups in total. The molecule has 0 radical (unpaired) electrons. The Morgan fingerprint density at radius 2 is 2.38 bits per heavy atom. The van der Waals surface area contributed by atoms with Gasteiger partial charge in [0.05, 0.1) is 11.4 Å². The second kappa shape index (κ2) is 4.56. The second-order valence-corrected chi connectivity index (χ2v) is 4.41. The van der Waals surface area contributed by atoms with Crippen LogP contribution in [0.3, 0.4) is 0 Å². The van der Waals surface area contributed by atoms with Gasteiger partial charge in [-0.3, -0.25) is 4.98 Å². The first-order valence-corrected chi connectivity index (χ1v) is 5.93. The summed E-state index contributed by atoms with van der Waals surface area (Å²) in [6.45, 7) is 1.86. The quantitative estimate of drug-likeness (QED) is 0.856. The summed E-state index contributed by atoms with van der Waals surface area (Å²) < 4.78 is 6.24. The zero-order chi connectivity index (χ0) is 11.5. The van der Waals surface area contributed by atoms with Gasteiger partial charge in [-0.05, 0) is 6.92 Å². The summed E-state index contributed by atoms with van der Waals surface area (Å²) in [5, 5.41) is 7.91. The molecular formula is C9H12N4O2S. The van der Waals surface area contributed by atoms with Crippen LogP contribution in [-0.4, -0.2) is 19.9 Å². The van der Waals surface area contributed by atoms with E-state index in [-0.39, 0.29) is 5.69 Å². The number of nitrogens with zero attached hydrogens (tertiary/aromatic N) is 3. The van der Waals surface area contributed by atoms with Gasteiger partial charge in [-0.2, -0.15) is 5.10 Å². The molecule has 0 saturated carbocycles. The first kappa shape index (κ1) is 11.0. The van der Waals surface area contributed by atoms with Gasteiger partial charge in [-0.25, -0.2) is 9.48 Å². The third-order valence-electron chi connectivity index (χ3n) is 1.98. The standard InChI is InChI=1S/C9H12N4O2S/c1-6-3-7(12-15-6)4-16-5-8-10-9(14)13(2)11-8/h3H,4-5H2,1-2H3,(H,10,11,14). The van der Waals surface area contributed by atoms with Gasteiger partial charge in [-0.15, -0.1) is 11.8 Å². The fourth-order valence-corrected chi connectivity index (χ4v) is 2.03. The van der Waals surface area contributed by atoms with E-state index >= 15 is 0 Å². The molecular weight excluding hydrogens is 228 g/mol. The number of rotatable bonds is 4. The van der Waals surface area contributed by atoms with Gasteiger partial charge in [0.1, 0.15) is 11.6 Å². The average Bonchev–Trinajstić information content (AvgIpc) is 2.75. The molecule has 86 valence electrons. The van der Waals surface area contributed by atoms with Crippen molar-refractivity contribution in [3.05, 3.63) is 33.8 Å². The van der Waals surface area contributed by atoms with Crippen molar-refractivity contribution in [3.8, 4) is 0 Å². The van der Waals surface area contributed by atoms with Crippen molar-refractivity contribution in [2.75, 3.05) is 0 Å². The van der Waals surface area contributed by atoms with Crippen LogP contribution in [-0.2, 0) is 18.6 Å². The summed E-state index contributed by atoms with van der Waals surface area (Å²) >= 11 is 1.63. The fraction of sp³-hybridized carbons (Fsp3) is 0.444. The Morgan fingerprint density at radius 1 is 1.56 bits per heavy atom. The van der Waals surface area contributed by atoms with Gasteiger partial charge in [0.15, 0.2) is 0 Å². The van der Waals surface area contributed by atoms with Crippen molar-refractivity contribution >= 4 is 11.8 Å². The van der Waals surface area contributed by atoms with E-state index in [0.29, 0.717) is 11.6 Å². The van der Waals surface area contributed by atoms with Gasteiger partial charge in [-0.1, -0.05) is 5.16 Å². The summed E-state index contributed by atoms with van der Waals surface area (Å²) in [4.78, 5) is 13.8. The van der Waals surface area contributed by atoms with Gasteiger partial charge in [0.25, 0.3) is 0 Å². The van der Waals surface area contributed by atoms with Crippen molar-refractivity contribution in [1.29, 1.82) is 0 Å². The average molecular weight is 240 g/mol. The highest BCUT2D eigenvalue weighted by Gasteiger charge is 2.04. The molecule has 0 aromatic carbocycles. The van der Waals surface area contributed by atoms with Gasteiger partial charge in [0, 0.05) is 18.9 Å². The van der Waals surface area contributed by atoms with Crippen molar-refractivity contribution in [2.45, 2.75) is 18.4 Å². The topological polar surface area (TPSA) is 76.7 Å². The van der Waals surface area contributed by atoms with E-state index in [1.165, 1.54) is 4.68 Å². The van der Waals surface area contributed by atoms with E-state index < -0.39 is 0 Å². The maximum absolute atomic E-state index is 11.1. The van der Waals surface area contributed by atoms with Gasteiger partial charge >= 0.3 is 5.69 Å². The minimum absolute atomic E-state index is 0.187. The number of nitrogens with one attached hydrogen (secondary N) is 1. The molecule has 0 aliphatic heterocycles. The normalized spacial score (nSPS) is 10.9. The summed E-state index contributed by atoms with van der Waals surface area (Å²) in [6.07, 6.45) is 0. The molecule has 0 spiro atoms. The molecule has 0 saturated heterocycles. The Bertz CT molecular complexity index is 528. The van der Waals surface area contributed by atoms with Crippen LogP contribution in [0, 0.1) is 6.92 Å². The van der Waals surface area contributed by atoms with E-state index in [9.17, 15) is 4.79 Å². The van der Waals surface area contributed by atoms with Crippen LogP contribution in [0.2, 0.25) is 0 Å². The maximum Gasteiger partial charge on any atom is 0.343 e. The van der Waals surface area contributed by atoms with Crippen molar-refractivity contribution < 1.29 is 4.52 Å². The maximum atomic E-state index is 11.1. The molecule has 0 unspecified atom stereocenters. The highest BCUT2D eigenvalue weighted by atomic mass is 32.2. The first-order valence-electron chi connectivity index (χ1n) is 4.77. The molecule has 7 heteroatoms. The number of aromatic amines is 1. The van der Waals surface area contributed by atoms with Crippen LogP contribution in [0.15, 0.2) is 15.4 Å². The summed E-state index contributed by atoms with van der Waals surface area (Å²) in [7, 11) is 1.62. The molecule has 0 bridgehead atoms. The second-order valence-electron chi connectivity index (χ2n) is 3.42. The monoisotopic (exact) mass is 240 g/mol. The van der Waals surface area contributed by atoms with Crippen LogP contribution in [0.25, 0.3) is 0 Å². The lowest BCUT2D eigenvalue weighted by Crippen LogP contribution is -2.13. The molecule has 2 aromatic heterocycles. The predicted octanol–water partition coefficient (Wildman–Crippen LogP) is 0.838. The molecule has 0 atom stereocenters. The fourth-order valence-electron chi connectivity index (χ4n) is 1.26. The zero-order valence-corrected chi connectivity index (χ0v) is 9.87. The van der Waals surface area contributed by atoms with E-state index in [4.69, 9.17) is 4.52 Å². The van der Waals surface area contributed by atoms with E-state index in [1.54, 1.807) is 18.8 Å². The lowest BCUT2D eigenvalue weighted by Gasteiger charge is -1.93. The predicted molar refractivity (Wildman–Crippen MR) is 60.1 cm³/mol. The van der Waals surface area contributed by atoms with Crippen LogP contribution in [0.4, 0.5) is 0 Å². The van der Waals surface area contributed by atoms with Crippen LogP contribution in [0.5, 0.6) is 0 Å². The molecule has 0 aliphatic carbocycles.